The van der Waals surface area contributed by atoms with Crippen molar-refractivity contribution in [3.8, 4) is 0 Å². The summed E-state index contributed by atoms with van der Waals surface area (Å²) in [5, 5.41) is 0. The Morgan fingerprint density at radius 2 is 1.86 bits per heavy atom. The van der Waals surface area contributed by atoms with Crippen LogP contribution in [-0.4, -0.2) is 26.7 Å². The van der Waals surface area contributed by atoms with Crippen LogP contribution in [0.1, 0.15) is 37.8 Å². The molecule has 21 heavy (non-hydrogen) atoms. The lowest BCUT2D eigenvalue weighted by atomic mass is 9.95. The first-order chi connectivity index (χ1) is 9.61. The van der Waals surface area contributed by atoms with Crippen molar-refractivity contribution in [3.05, 3.63) is 27.7 Å². The van der Waals surface area contributed by atoms with Gasteiger partial charge in [0.2, 0.25) is 10.0 Å². The van der Waals surface area contributed by atoms with Gasteiger partial charge in [0.1, 0.15) is 0 Å². The molecule has 1 aromatic rings. The number of nitrogens with one attached hydrogen (secondary N) is 1. The molecular weight excluding hydrogens is 354 g/mol. The summed E-state index contributed by atoms with van der Waals surface area (Å²) in [5.41, 5.74) is 1.22. The standard InChI is InChI=1S/C15H22BrNO3S/c1-10-7-12(16)8-11(2)14(10)21(18,19)17-13-5-6-20-15(3,4)9-13/h7-8,13,17H,5-6,9H2,1-4H3. The van der Waals surface area contributed by atoms with Gasteiger partial charge < -0.3 is 4.74 Å². The van der Waals surface area contributed by atoms with Crippen LogP contribution in [0.15, 0.2) is 21.5 Å². The fourth-order valence-electron chi connectivity index (χ4n) is 2.93. The minimum absolute atomic E-state index is 0.0822. The molecule has 0 bridgehead atoms. The van der Waals surface area contributed by atoms with Gasteiger partial charge in [-0.2, -0.15) is 0 Å². The summed E-state index contributed by atoms with van der Waals surface area (Å²) in [6.07, 6.45) is 1.39. The average Bonchev–Trinajstić information content (AvgIpc) is 2.23. The van der Waals surface area contributed by atoms with Gasteiger partial charge in [-0.3, -0.25) is 0 Å². The normalized spacial score (nSPS) is 22.2. The van der Waals surface area contributed by atoms with Crippen molar-refractivity contribution in [2.75, 3.05) is 6.61 Å². The Morgan fingerprint density at radius 3 is 2.38 bits per heavy atom. The van der Waals surface area contributed by atoms with E-state index in [9.17, 15) is 8.42 Å². The fraction of sp³-hybridized carbons (Fsp3) is 0.600. The van der Waals surface area contributed by atoms with Crippen molar-refractivity contribution in [3.63, 3.8) is 0 Å². The first kappa shape index (κ1) is 16.9. The minimum Gasteiger partial charge on any atom is -0.375 e. The van der Waals surface area contributed by atoms with Crippen molar-refractivity contribution in [2.24, 2.45) is 0 Å². The minimum atomic E-state index is -3.51. The van der Waals surface area contributed by atoms with E-state index in [1.165, 1.54) is 0 Å². The molecule has 2 rings (SSSR count). The highest BCUT2D eigenvalue weighted by Crippen LogP contribution is 2.28. The van der Waals surface area contributed by atoms with Gasteiger partial charge in [0.15, 0.2) is 0 Å². The van der Waals surface area contributed by atoms with Crippen molar-refractivity contribution >= 4 is 26.0 Å². The Bertz CT molecular complexity index is 617. The predicted molar refractivity (Wildman–Crippen MR) is 87.0 cm³/mol. The van der Waals surface area contributed by atoms with E-state index >= 15 is 0 Å². The average molecular weight is 376 g/mol. The number of rotatable bonds is 3. The van der Waals surface area contributed by atoms with E-state index in [4.69, 9.17) is 4.74 Å². The monoisotopic (exact) mass is 375 g/mol. The van der Waals surface area contributed by atoms with Gasteiger partial charge in [0.25, 0.3) is 0 Å². The maximum atomic E-state index is 12.7. The number of benzene rings is 1. The zero-order valence-electron chi connectivity index (χ0n) is 12.9. The third kappa shape index (κ3) is 4.06. The lowest BCUT2D eigenvalue weighted by Crippen LogP contribution is -2.45. The number of hydrogen-bond acceptors (Lipinski definition) is 3. The van der Waals surface area contributed by atoms with E-state index in [1.54, 1.807) is 0 Å². The molecule has 0 amide bonds. The van der Waals surface area contributed by atoms with E-state index in [2.05, 4.69) is 20.7 Å². The molecule has 4 nitrogen and oxygen atoms in total. The molecule has 1 unspecified atom stereocenters. The highest BCUT2D eigenvalue weighted by Gasteiger charge is 2.32. The number of ether oxygens (including phenoxy) is 1. The molecule has 1 aliphatic rings. The van der Waals surface area contributed by atoms with Crippen LogP contribution in [0.2, 0.25) is 0 Å². The summed E-state index contributed by atoms with van der Waals surface area (Å²) >= 11 is 3.40. The van der Waals surface area contributed by atoms with Crippen LogP contribution in [-0.2, 0) is 14.8 Å². The topological polar surface area (TPSA) is 55.4 Å². The number of halogens is 1. The van der Waals surface area contributed by atoms with Crippen molar-refractivity contribution in [2.45, 2.75) is 57.1 Å². The summed E-state index contributed by atoms with van der Waals surface area (Å²) in [7, 11) is -3.51. The molecule has 0 aromatic heterocycles. The second-order valence-electron chi connectivity index (χ2n) is 6.29. The SMILES string of the molecule is Cc1cc(Br)cc(C)c1S(=O)(=O)NC1CCOC(C)(C)C1. The molecule has 1 heterocycles. The molecule has 118 valence electrons. The van der Waals surface area contributed by atoms with E-state index in [1.807, 2.05) is 39.8 Å². The van der Waals surface area contributed by atoms with Crippen LogP contribution in [0, 0.1) is 13.8 Å². The molecular formula is C15H22BrNO3S. The fourth-order valence-corrected chi connectivity index (χ4v) is 5.34. The lowest BCUT2D eigenvalue weighted by Gasteiger charge is -2.35. The predicted octanol–water partition coefficient (Wildman–Crippen LogP) is 3.30. The summed E-state index contributed by atoms with van der Waals surface area (Å²) in [6.45, 7) is 8.20. The van der Waals surface area contributed by atoms with E-state index < -0.39 is 10.0 Å². The maximum Gasteiger partial charge on any atom is 0.241 e. The van der Waals surface area contributed by atoms with Crippen molar-refractivity contribution < 1.29 is 13.2 Å². The third-order valence-corrected chi connectivity index (χ3v) is 6.00. The molecule has 1 aliphatic heterocycles. The summed E-state index contributed by atoms with van der Waals surface area (Å²) in [6, 6.07) is 3.58. The van der Waals surface area contributed by atoms with Crippen LogP contribution >= 0.6 is 15.9 Å². The van der Waals surface area contributed by atoms with Crippen LogP contribution in [0.4, 0.5) is 0 Å². The third-order valence-electron chi connectivity index (χ3n) is 3.71. The highest BCUT2D eigenvalue weighted by atomic mass is 79.9. The lowest BCUT2D eigenvalue weighted by molar-refractivity contribution is -0.0599. The molecule has 0 spiro atoms. The molecule has 1 N–H and O–H groups in total. The van der Waals surface area contributed by atoms with Gasteiger partial charge in [-0.1, -0.05) is 15.9 Å². The van der Waals surface area contributed by atoms with Gasteiger partial charge in [-0.15, -0.1) is 0 Å². The highest BCUT2D eigenvalue weighted by molar-refractivity contribution is 9.10. The van der Waals surface area contributed by atoms with Gasteiger partial charge in [-0.25, -0.2) is 13.1 Å². The first-order valence-corrected chi connectivity index (χ1v) is 9.31. The molecule has 1 fully saturated rings. The van der Waals surface area contributed by atoms with Crippen molar-refractivity contribution in [1.29, 1.82) is 0 Å². The van der Waals surface area contributed by atoms with Crippen LogP contribution in [0.5, 0.6) is 0 Å². The van der Waals surface area contributed by atoms with Crippen LogP contribution in [0.25, 0.3) is 0 Å². The molecule has 0 aliphatic carbocycles. The Hall–Kier alpha value is -0.430. The van der Waals surface area contributed by atoms with Crippen LogP contribution in [0.3, 0.4) is 0 Å². The first-order valence-electron chi connectivity index (χ1n) is 7.04. The summed E-state index contributed by atoms with van der Waals surface area (Å²) < 4.78 is 34.8. The summed E-state index contributed by atoms with van der Waals surface area (Å²) in [4.78, 5) is 0.384. The van der Waals surface area contributed by atoms with E-state index in [0.29, 0.717) is 24.3 Å². The Morgan fingerprint density at radius 1 is 1.29 bits per heavy atom. The second kappa shape index (κ2) is 5.99. The zero-order valence-corrected chi connectivity index (χ0v) is 15.3. The maximum absolute atomic E-state index is 12.7. The second-order valence-corrected chi connectivity index (χ2v) is 8.85. The largest absolute Gasteiger partial charge is 0.375 e. The van der Waals surface area contributed by atoms with Crippen LogP contribution < -0.4 is 4.72 Å². The van der Waals surface area contributed by atoms with E-state index in [-0.39, 0.29) is 11.6 Å². The molecule has 0 saturated carbocycles. The smallest absolute Gasteiger partial charge is 0.241 e. The molecule has 1 aromatic carbocycles. The summed E-state index contributed by atoms with van der Waals surface area (Å²) in [5.74, 6) is 0. The van der Waals surface area contributed by atoms with E-state index in [0.717, 1.165) is 15.6 Å². The Labute approximate surface area is 135 Å². The van der Waals surface area contributed by atoms with Gasteiger partial charge in [-0.05, 0) is 63.8 Å². The number of hydrogen-bond donors (Lipinski definition) is 1. The molecule has 1 atom stereocenters. The number of sulfonamides is 1. The Balaban J connectivity index is 2.27. The van der Waals surface area contributed by atoms with Gasteiger partial charge >= 0.3 is 0 Å². The van der Waals surface area contributed by atoms with Gasteiger partial charge in [0, 0.05) is 17.1 Å². The molecule has 0 radical (unpaired) electrons. The van der Waals surface area contributed by atoms with Gasteiger partial charge in [0.05, 0.1) is 10.5 Å². The number of aryl methyl sites for hydroxylation is 2. The molecule has 6 heteroatoms. The zero-order chi connectivity index (χ0) is 15.8. The quantitative estimate of drug-likeness (QED) is 0.881. The van der Waals surface area contributed by atoms with Crippen molar-refractivity contribution in [1.82, 2.24) is 4.72 Å². The molecule has 1 saturated heterocycles. The Kier molecular flexibility index (Phi) is 4.83.